The third kappa shape index (κ3) is 4.88. The number of hydrazine groups is 1. The van der Waals surface area contributed by atoms with Gasteiger partial charge in [-0.1, -0.05) is 41.4 Å². The lowest BCUT2D eigenvalue weighted by Crippen LogP contribution is -2.43. The van der Waals surface area contributed by atoms with Crippen molar-refractivity contribution in [3.63, 3.8) is 0 Å². The van der Waals surface area contributed by atoms with E-state index in [1.165, 1.54) is 24.3 Å². The maximum absolute atomic E-state index is 12.1. The molecular formula is C16H15ClN6O3S. The minimum atomic E-state index is -3.91. The number of aryl methyl sites for hydroxylation is 1. The first kappa shape index (κ1) is 19.0. The zero-order valence-electron chi connectivity index (χ0n) is 14.1. The van der Waals surface area contributed by atoms with Crippen molar-refractivity contribution in [2.24, 2.45) is 0 Å². The van der Waals surface area contributed by atoms with Crippen LogP contribution >= 0.6 is 11.6 Å². The van der Waals surface area contributed by atoms with Crippen LogP contribution in [0.4, 0.5) is 0 Å². The summed E-state index contributed by atoms with van der Waals surface area (Å²) in [5.74, 6) is -0.287. The summed E-state index contributed by atoms with van der Waals surface area (Å²) in [4.78, 5) is 15.0. The molecule has 2 aromatic carbocycles. The number of nitrogens with one attached hydrogen (secondary N) is 2. The van der Waals surface area contributed by atoms with Crippen molar-refractivity contribution in [1.29, 1.82) is 0 Å². The van der Waals surface area contributed by atoms with Crippen molar-refractivity contribution in [1.82, 2.24) is 30.5 Å². The second kappa shape index (κ2) is 7.82. The van der Waals surface area contributed by atoms with Crippen LogP contribution in [0.5, 0.6) is 0 Å². The van der Waals surface area contributed by atoms with Gasteiger partial charge < -0.3 is 0 Å². The highest BCUT2D eigenvalue weighted by molar-refractivity contribution is 7.89. The second-order valence-corrected chi connectivity index (χ2v) is 7.74. The van der Waals surface area contributed by atoms with Crippen LogP contribution < -0.4 is 10.3 Å². The zero-order valence-corrected chi connectivity index (χ0v) is 15.7. The molecule has 1 amide bonds. The first-order valence-electron chi connectivity index (χ1n) is 7.74. The van der Waals surface area contributed by atoms with E-state index in [1.807, 2.05) is 36.0 Å². The monoisotopic (exact) mass is 406 g/mol. The predicted molar refractivity (Wildman–Crippen MR) is 97.9 cm³/mol. The average Bonchev–Trinajstić information content (AvgIpc) is 3.09. The molecule has 0 radical (unpaired) electrons. The molecule has 3 aromatic rings. The molecular weight excluding hydrogens is 392 g/mol. The summed E-state index contributed by atoms with van der Waals surface area (Å²) in [7, 11) is -3.91. The third-order valence-electron chi connectivity index (χ3n) is 3.50. The van der Waals surface area contributed by atoms with Crippen molar-refractivity contribution in [2.45, 2.75) is 18.4 Å². The van der Waals surface area contributed by atoms with E-state index in [9.17, 15) is 13.2 Å². The van der Waals surface area contributed by atoms with Crippen LogP contribution in [0, 0.1) is 6.92 Å². The summed E-state index contributed by atoms with van der Waals surface area (Å²) >= 11 is 5.73. The van der Waals surface area contributed by atoms with E-state index in [2.05, 4.69) is 20.8 Å². The Kier molecular flexibility index (Phi) is 5.49. The van der Waals surface area contributed by atoms with E-state index in [-0.39, 0.29) is 11.4 Å². The molecule has 1 aromatic heterocycles. The summed E-state index contributed by atoms with van der Waals surface area (Å²) in [5.41, 5.74) is 3.96. The number of hydrogen-bond acceptors (Lipinski definition) is 6. The molecule has 0 spiro atoms. The van der Waals surface area contributed by atoms with Crippen LogP contribution in [-0.2, 0) is 21.4 Å². The maximum atomic E-state index is 12.1. The molecule has 1 heterocycles. The van der Waals surface area contributed by atoms with Crippen LogP contribution in [0.15, 0.2) is 53.4 Å². The minimum Gasteiger partial charge on any atom is -0.276 e. The number of benzene rings is 2. The number of sulfonamides is 1. The van der Waals surface area contributed by atoms with Crippen molar-refractivity contribution in [3.8, 4) is 11.4 Å². The fourth-order valence-electron chi connectivity index (χ4n) is 2.09. The fourth-order valence-corrected chi connectivity index (χ4v) is 3.08. The lowest BCUT2D eigenvalue weighted by Gasteiger charge is -2.08. The van der Waals surface area contributed by atoms with Gasteiger partial charge in [-0.05, 0) is 36.4 Å². The second-order valence-electron chi connectivity index (χ2n) is 5.62. The lowest BCUT2D eigenvalue weighted by atomic mass is 10.1. The quantitative estimate of drug-likeness (QED) is 0.596. The molecule has 0 atom stereocenters. The summed E-state index contributed by atoms with van der Waals surface area (Å²) in [5, 5.41) is 12.2. The maximum Gasteiger partial charge on any atom is 0.258 e. The number of aromatic nitrogens is 4. The van der Waals surface area contributed by atoms with Gasteiger partial charge in [0.2, 0.25) is 5.82 Å². The van der Waals surface area contributed by atoms with Crippen molar-refractivity contribution in [3.05, 3.63) is 59.1 Å². The number of amides is 1. The number of halogens is 1. The molecule has 3 rings (SSSR count). The Morgan fingerprint density at radius 2 is 1.78 bits per heavy atom. The number of tetrazole rings is 1. The van der Waals surface area contributed by atoms with Gasteiger partial charge in [0.05, 0.1) is 4.90 Å². The number of carbonyl (C=O) groups excluding carboxylic acids is 1. The van der Waals surface area contributed by atoms with Gasteiger partial charge >= 0.3 is 0 Å². The molecule has 0 aliphatic heterocycles. The summed E-state index contributed by atoms with van der Waals surface area (Å²) in [6, 6.07) is 13.0. The van der Waals surface area contributed by atoms with E-state index in [4.69, 9.17) is 11.6 Å². The molecule has 0 saturated heterocycles. The van der Waals surface area contributed by atoms with Gasteiger partial charge in [-0.2, -0.15) is 4.80 Å². The molecule has 0 saturated carbocycles. The predicted octanol–water partition coefficient (Wildman–Crippen LogP) is 1.31. The van der Waals surface area contributed by atoms with Crippen molar-refractivity contribution >= 4 is 27.5 Å². The molecule has 0 aliphatic rings. The molecule has 0 bridgehead atoms. The summed E-state index contributed by atoms with van der Waals surface area (Å²) < 4.78 is 24.2. The van der Waals surface area contributed by atoms with Gasteiger partial charge in [-0.3, -0.25) is 10.2 Å². The Labute approximate surface area is 160 Å². The zero-order chi connectivity index (χ0) is 19.4. The molecule has 11 heteroatoms. The Hall–Kier alpha value is -2.82. The van der Waals surface area contributed by atoms with Crippen LogP contribution in [0.1, 0.15) is 5.56 Å². The average molecular weight is 407 g/mol. The van der Waals surface area contributed by atoms with Crippen LogP contribution in [0.2, 0.25) is 5.02 Å². The van der Waals surface area contributed by atoms with E-state index in [1.54, 1.807) is 0 Å². The first-order valence-corrected chi connectivity index (χ1v) is 9.61. The van der Waals surface area contributed by atoms with Gasteiger partial charge in [-0.15, -0.1) is 15.0 Å². The van der Waals surface area contributed by atoms with E-state index < -0.39 is 15.9 Å². The number of hydrogen-bond donors (Lipinski definition) is 2. The molecule has 0 unspecified atom stereocenters. The largest absolute Gasteiger partial charge is 0.276 e. The third-order valence-corrected chi connectivity index (χ3v) is 5.01. The van der Waals surface area contributed by atoms with E-state index in [0.717, 1.165) is 15.9 Å². The van der Waals surface area contributed by atoms with Gasteiger partial charge in [0.1, 0.15) is 6.54 Å². The van der Waals surface area contributed by atoms with E-state index in [0.29, 0.717) is 10.8 Å². The summed E-state index contributed by atoms with van der Waals surface area (Å²) in [6.45, 7) is 1.66. The Bertz CT molecular complexity index is 1050. The van der Waals surface area contributed by atoms with Crippen molar-refractivity contribution in [2.75, 3.05) is 0 Å². The normalized spacial score (nSPS) is 11.3. The van der Waals surface area contributed by atoms with Gasteiger partial charge in [0, 0.05) is 10.6 Å². The molecule has 9 nitrogen and oxygen atoms in total. The molecule has 140 valence electrons. The van der Waals surface area contributed by atoms with Crippen molar-refractivity contribution < 1.29 is 13.2 Å². The lowest BCUT2D eigenvalue weighted by molar-refractivity contribution is -0.122. The van der Waals surface area contributed by atoms with E-state index >= 15 is 0 Å². The Morgan fingerprint density at radius 1 is 1.11 bits per heavy atom. The van der Waals surface area contributed by atoms with Gasteiger partial charge in [0.25, 0.3) is 15.9 Å². The number of carbonyl (C=O) groups is 1. The summed E-state index contributed by atoms with van der Waals surface area (Å²) in [6.07, 6.45) is 0. The fraction of sp³-hybridized carbons (Fsp3) is 0.125. The highest BCUT2D eigenvalue weighted by Crippen LogP contribution is 2.14. The standard InChI is InChI=1S/C16H15ClN6O3S/c1-11-2-4-12(5-3-11)16-19-21-23(20-16)10-15(24)18-22-27(25,26)14-8-6-13(17)7-9-14/h2-9,22H,10H2,1H3,(H,18,24). The number of rotatable bonds is 6. The molecule has 2 N–H and O–H groups in total. The van der Waals surface area contributed by atoms with Crippen LogP contribution in [0.25, 0.3) is 11.4 Å². The van der Waals surface area contributed by atoms with Gasteiger partial charge in [0.15, 0.2) is 0 Å². The van der Waals surface area contributed by atoms with Gasteiger partial charge in [-0.25, -0.2) is 8.42 Å². The highest BCUT2D eigenvalue weighted by Gasteiger charge is 2.16. The Balaban J connectivity index is 1.59. The van der Waals surface area contributed by atoms with Crippen LogP contribution in [-0.4, -0.2) is 34.5 Å². The first-order chi connectivity index (χ1) is 12.8. The van der Waals surface area contributed by atoms with Crippen LogP contribution in [0.3, 0.4) is 0 Å². The highest BCUT2D eigenvalue weighted by atomic mass is 35.5. The number of nitrogens with zero attached hydrogens (tertiary/aromatic N) is 4. The smallest absolute Gasteiger partial charge is 0.258 e. The molecule has 27 heavy (non-hydrogen) atoms. The SMILES string of the molecule is Cc1ccc(-c2nnn(CC(=O)NNS(=O)(=O)c3ccc(Cl)cc3)n2)cc1. The Morgan fingerprint density at radius 3 is 2.44 bits per heavy atom. The molecule has 0 aliphatic carbocycles. The minimum absolute atomic E-state index is 0.0345. The molecule has 0 fully saturated rings. The topological polar surface area (TPSA) is 119 Å².